The largest absolute Gasteiger partial charge is 0.332 e. The van der Waals surface area contributed by atoms with Crippen molar-refractivity contribution < 1.29 is 13.6 Å². The second-order valence-corrected chi connectivity index (χ2v) is 9.75. The number of nitrogens with zero attached hydrogens (tertiary/aromatic N) is 3. The van der Waals surface area contributed by atoms with Gasteiger partial charge in [-0.05, 0) is 75.5 Å². The lowest BCUT2D eigenvalue weighted by atomic mass is 9.91. The Morgan fingerprint density at radius 3 is 2.54 bits per heavy atom. The van der Waals surface area contributed by atoms with Gasteiger partial charge in [-0.3, -0.25) is 9.69 Å². The predicted octanol–water partition coefficient (Wildman–Crippen LogP) is 5.34. The van der Waals surface area contributed by atoms with Crippen LogP contribution in [0.4, 0.5) is 8.78 Å². The smallest absolute Gasteiger partial charge is 0.254 e. The molecule has 2 aliphatic heterocycles. The van der Waals surface area contributed by atoms with E-state index in [1.54, 1.807) is 6.07 Å². The van der Waals surface area contributed by atoms with Gasteiger partial charge in [0, 0.05) is 17.5 Å². The van der Waals surface area contributed by atoms with Gasteiger partial charge in [0.1, 0.15) is 0 Å². The highest BCUT2D eigenvalue weighted by Gasteiger charge is 2.46. The molecule has 1 aromatic heterocycles. The monoisotopic (exact) mass is 478 g/mol. The molecule has 0 saturated carbocycles. The molecule has 7 heteroatoms. The lowest BCUT2D eigenvalue weighted by Crippen LogP contribution is -2.67. The zero-order valence-corrected chi connectivity index (χ0v) is 20.1. The van der Waals surface area contributed by atoms with Gasteiger partial charge in [0.2, 0.25) is 0 Å². The summed E-state index contributed by atoms with van der Waals surface area (Å²) in [5.74, 6) is -1.94. The Hall–Kier alpha value is -2.90. The molecule has 2 aliphatic rings. The Balaban J connectivity index is 1.56. The molecule has 184 valence electrons. The number of hydrogen-bond donors (Lipinski definition) is 1. The van der Waals surface area contributed by atoms with Crippen molar-refractivity contribution in [3.05, 3.63) is 65.7 Å². The summed E-state index contributed by atoms with van der Waals surface area (Å²) in [4.78, 5) is 23.1. The molecular formula is C28H32F2N4O. The number of fused-ring (bicyclic) bond motifs is 1. The zero-order chi connectivity index (χ0) is 24.6. The van der Waals surface area contributed by atoms with Gasteiger partial charge in [-0.15, -0.1) is 0 Å². The summed E-state index contributed by atoms with van der Waals surface area (Å²) in [5.41, 5.74) is 8.54. The Kier molecular flexibility index (Phi) is 6.55. The van der Waals surface area contributed by atoms with Gasteiger partial charge in [0.05, 0.1) is 28.5 Å². The number of piperidine rings is 1. The number of halogens is 2. The van der Waals surface area contributed by atoms with Crippen molar-refractivity contribution in [1.82, 2.24) is 14.8 Å². The van der Waals surface area contributed by atoms with E-state index in [1.165, 1.54) is 12.5 Å². The van der Waals surface area contributed by atoms with Crippen molar-refractivity contribution in [2.75, 3.05) is 19.6 Å². The molecule has 2 fully saturated rings. The summed E-state index contributed by atoms with van der Waals surface area (Å²) in [7, 11) is 0. The molecule has 0 aliphatic carbocycles. The van der Waals surface area contributed by atoms with Crippen LogP contribution in [-0.2, 0) is 0 Å². The summed E-state index contributed by atoms with van der Waals surface area (Å²) in [5, 5.41) is 0.742. The van der Waals surface area contributed by atoms with E-state index in [4.69, 9.17) is 5.73 Å². The van der Waals surface area contributed by atoms with Crippen LogP contribution < -0.4 is 5.73 Å². The predicted molar refractivity (Wildman–Crippen MR) is 134 cm³/mol. The number of hydrogen-bond acceptors (Lipinski definition) is 4. The number of rotatable bonds is 5. The summed E-state index contributed by atoms with van der Waals surface area (Å²) in [6.07, 6.45) is 6.02. The van der Waals surface area contributed by atoms with E-state index in [9.17, 15) is 13.6 Å². The fourth-order valence-corrected chi connectivity index (χ4v) is 5.82. The minimum atomic E-state index is -0.942. The van der Waals surface area contributed by atoms with Gasteiger partial charge in [-0.2, -0.15) is 0 Å². The molecule has 2 unspecified atom stereocenters. The molecule has 0 bridgehead atoms. The maximum atomic E-state index is 14.1. The molecule has 0 radical (unpaired) electrons. The van der Waals surface area contributed by atoms with Crippen molar-refractivity contribution in [2.45, 2.75) is 57.2 Å². The van der Waals surface area contributed by atoms with E-state index in [-0.39, 0.29) is 11.9 Å². The Morgan fingerprint density at radius 2 is 1.80 bits per heavy atom. The van der Waals surface area contributed by atoms with E-state index >= 15 is 0 Å². The fourth-order valence-electron chi connectivity index (χ4n) is 5.82. The lowest BCUT2D eigenvalue weighted by molar-refractivity contribution is 0.00151. The third-order valence-corrected chi connectivity index (χ3v) is 7.76. The fraction of sp³-hybridized carbons (Fsp3) is 0.429. The van der Waals surface area contributed by atoms with Crippen LogP contribution in [0.5, 0.6) is 0 Å². The van der Waals surface area contributed by atoms with Crippen LogP contribution in [-0.4, -0.2) is 52.0 Å². The lowest BCUT2D eigenvalue weighted by Gasteiger charge is -2.49. The highest BCUT2D eigenvalue weighted by molar-refractivity contribution is 6.07. The van der Waals surface area contributed by atoms with Crippen molar-refractivity contribution in [2.24, 2.45) is 5.73 Å². The van der Waals surface area contributed by atoms with Gasteiger partial charge in [-0.1, -0.05) is 31.5 Å². The Morgan fingerprint density at radius 1 is 1.03 bits per heavy atom. The minimum absolute atomic E-state index is 0.0863. The van der Waals surface area contributed by atoms with E-state index in [0.717, 1.165) is 62.7 Å². The maximum Gasteiger partial charge on any atom is 0.254 e. The normalized spacial score (nSPS) is 20.8. The molecule has 5 nitrogen and oxygen atoms in total. The summed E-state index contributed by atoms with van der Waals surface area (Å²) < 4.78 is 27.5. The van der Waals surface area contributed by atoms with Crippen molar-refractivity contribution in [3.63, 3.8) is 0 Å². The zero-order valence-electron chi connectivity index (χ0n) is 20.1. The molecule has 2 aromatic carbocycles. The SMILES string of the molecule is CCC(N)(C1CCCN1C(=O)c1cc(-c2ccc(F)c(F)c2)nc2ccccc12)N1CCCCC1. The van der Waals surface area contributed by atoms with Crippen molar-refractivity contribution in [3.8, 4) is 11.3 Å². The number of amides is 1. The first-order chi connectivity index (χ1) is 16.9. The number of carbonyl (C=O) groups is 1. The Bertz CT molecular complexity index is 1240. The van der Waals surface area contributed by atoms with Gasteiger partial charge >= 0.3 is 0 Å². The van der Waals surface area contributed by atoms with Crippen molar-refractivity contribution >= 4 is 16.8 Å². The third-order valence-electron chi connectivity index (χ3n) is 7.76. The maximum absolute atomic E-state index is 14.1. The number of nitrogens with two attached hydrogens (primary N) is 1. The second kappa shape index (κ2) is 9.63. The van der Waals surface area contributed by atoms with Gasteiger partial charge < -0.3 is 10.6 Å². The summed E-state index contributed by atoms with van der Waals surface area (Å²) in [6, 6.07) is 12.8. The van der Waals surface area contributed by atoms with Gasteiger partial charge in [0.25, 0.3) is 5.91 Å². The number of benzene rings is 2. The van der Waals surface area contributed by atoms with E-state index in [2.05, 4.69) is 16.8 Å². The average molecular weight is 479 g/mol. The summed E-state index contributed by atoms with van der Waals surface area (Å²) >= 11 is 0. The molecule has 2 N–H and O–H groups in total. The van der Waals surface area contributed by atoms with E-state index in [0.29, 0.717) is 28.9 Å². The van der Waals surface area contributed by atoms with Crippen LogP contribution in [0.1, 0.15) is 55.8 Å². The number of carbonyl (C=O) groups excluding carboxylic acids is 1. The van der Waals surface area contributed by atoms with E-state index < -0.39 is 17.3 Å². The highest BCUT2D eigenvalue weighted by Crippen LogP contribution is 2.35. The van der Waals surface area contributed by atoms with Crippen LogP contribution in [0.15, 0.2) is 48.5 Å². The standard InChI is InChI=1S/C28H32F2N4O/c1-2-28(31,33-14-6-3-7-15-33)26-11-8-16-34(26)27(35)21-18-25(19-12-13-22(29)23(30)17-19)32-24-10-5-4-9-20(21)24/h4-5,9-10,12-13,17-18,26H,2-3,6-8,11,14-16,31H2,1H3. The molecule has 5 rings (SSSR count). The van der Waals surface area contributed by atoms with Crippen LogP contribution in [0, 0.1) is 11.6 Å². The molecule has 2 saturated heterocycles. The number of para-hydroxylation sites is 1. The Labute approximate surface area is 204 Å². The van der Waals surface area contributed by atoms with Crippen LogP contribution in [0.2, 0.25) is 0 Å². The minimum Gasteiger partial charge on any atom is -0.332 e. The van der Waals surface area contributed by atoms with Gasteiger partial charge in [0.15, 0.2) is 11.6 Å². The van der Waals surface area contributed by atoms with Crippen LogP contribution in [0.3, 0.4) is 0 Å². The van der Waals surface area contributed by atoms with Crippen LogP contribution >= 0.6 is 0 Å². The van der Waals surface area contributed by atoms with Gasteiger partial charge in [-0.25, -0.2) is 13.8 Å². The molecule has 2 atom stereocenters. The third kappa shape index (κ3) is 4.32. The second-order valence-electron chi connectivity index (χ2n) is 9.75. The molecule has 1 amide bonds. The first kappa shape index (κ1) is 23.8. The number of pyridine rings is 1. The topological polar surface area (TPSA) is 62.5 Å². The molecular weight excluding hydrogens is 446 g/mol. The molecule has 3 heterocycles. The summed E-state index contributed by atoms with van der Waals surface area (Å²) in [6.45, 7) is 4.68. The van der Waals surface area contributed by atoms with E-state index in [1.807, 2.05) is 29.2 Å². The average Bonchev–Trinajstić information content (AvgIpc) is 3.40. The first-order valence-corrected chi connectivity index (χ1v) is 12.6. The highest BCUT2D eigenvalue weighted by atomic mass is 19.2. The molecule has 3 aromatic rings. The number of aromatic nitrogens is 1. The quantitative estimate of drug-likeness (QED) is 0.538. The number of likely N-dealkylation sites (tertiary alicyclic amines) is 2. The first-order valence-electron chi connectivity index (χ1n) is 12.6. The van der Waals surface area contributed by atoms with Crippen molar-refractivity contribution in [1.29, 1.82) is 0 Å². The molecule has 0 spiro atoms. The van der Waals surface area contributed by atoms with Crippen LogP contribution in [0.25, 0.3) is 22.2 Å². The molecule has 35 heavy (non-hydrogen) atoms.